The number of amides is 1. The van der Waals surface area contributed by atoms with Crippen LogP contribution in [0.15, 0.2) is 29.4 Å². The van der Waals surface area contributed by atoms with E-state index in [2.05, 4.69) is 5.10 Å². The molecule has 0 spiro atoms. The van der Waals surface area contributed by atoms with Crippen molar-refractivity contribution in [2.45, 2.75) is 37.6 Å². The van der Waals surface area contributed by atoms with Crippen LogP contribution < -0.4 is 4.74 Å². The van der Waals surface area contributed by atoms with Gasteiger partial charge in [-0.25, -0.2) is 0 Å². The van der Waals surface area contributed by atoms with Gasteiger partial charge in [0.25, 0.3) is 17.3 Å². The minimum atomic E-state index is -5.08. The van der Waals surface area contributed by atoms with Gasteiger partial charge in [0.15, 0.2) is 6.61 Å². The Kier molecular flexibility index (Phi) is 4.81. The van der Waals surface area contributed by atoms with E-state index in [1.165, 1.54) is 12.1 Å². The third-order valence-electron chi connectivity index (χ3n) is 4.68. The van der Waals surface area contributed by atoms with E-state index in [-0.39, 0.29) is 35.0 Å². The number of halogens is 3. The van der Waals surface area contributed by atoms with Crippen LogP contribution in [0.1, 0.15) is 25.7 Å². The first-order valence-electron chi connectivity index (χ1n) is 8.21. The highest BCUT2D eigenvalue weighted by Crippen LogP contribution is 2.48. The van der Waals surface area contributed by atoms with Crippen molar-refractivity contribution < 1.29 is 32.7 Å². The Hall–Kier alpha value is -2.69. The van der Waals surface area contributed by atoms with Crippen LogP contribution >= 0.6 is 0 Å². The van der Waals surface area contributed by atoms with E-state index >= 15 is 0 Å². The van der Waals surface area contributed by atoms with E-state index in [9.17, 15) is 33.2 Å². The molecule has 1 N–H and O–H groups in total. The number of ether oxygens (including phenoxy) is 1. The minimum absolute atomic E-state index is 0.0637. The molecule has 3 rings (SSSR count). The number of hydrazone groups is 1. The number of nitro groups is 1. The maximum absolute atomic E-state index is 13.6. The van der Waals surface area contributed by atoms with E-state index in [0.29, 0.717) is 12.8 Å². The van der Waals surface area contributed by atoms with Gasteiger partial charge in [-0.2, -0.15) is 23.3 Å². The number of carbonyl (C=O) groups is 1. The molecular formula is C16H16F3N3O5. The van der Waals surface area contributed by atoms with E-state index in [1.807, 2.05) is 0 Å². The zero-order valence-electron chi connectivity index (χ0n) is 14.0. The number of fused-ring (bicyclic) bond motifs is 1. The maximum Gasteiger partial charge on any atom is 0.439 e. The molecule has 8 nitrogen and oxygen atoms in total. The summed E-state index contributed by atoms with van der Waals surface area (Å²) in [5, 5.41) is 24.8. The van der Waals surface area contributed by atoms with Crippen molar-refractivity contribution in [2.75, 3.05) is 6.61 Å². The monoisotopic (exact) mass is 387 g/mol. The van der Waals surface area contributed by atoms with E-state index in [0.717, 1.165) is 12.1 Å². The highest BCUT2D eigenvalue weighted by atomic mass is 19.4. The summed E-state index contributed by atoms with van der Waals surface area (Å²) in [5.41, 5.74) is -3.43. The fourth-order valence-corrected chi connectivity index (χ4v) is 3.33. The first kappa shape index (κ1) is 19.1. The fourth-order valence-electron chi connectivity index (χ4n) is 3.33. The second kappa shape index (κ2) is 6.80. The molecule has 146 valence electrons. The number of rotatable bonds is 4. The average molecular weight is 387 g/mol. The van der Waals surface area contributed by atoms with Crippen LogP contribution in [0.5, 0.6) is 5.75 Å². The molecule has 1 aliphatic carbocycles. The molecule has 1 amide bonds. The van der Waals surface area contributed by atoms with Gasteiger partial charge in [0.2, 0.25) is 0 Å². The molecule has 0 unspecified atom stereocenters. The Labute approximate surface area is 151 Å². The summed E-state index contributed by atoms with van der Waals surface area (Å²) in [6, 6.07) is 4.71. The maximum atomic E-state index is 13.6. The highest BCUT2D eigenvalue weighted by molar-refractivity contribution is 5.93. The van der Waals surface area contributed by atoms with Gasteiger partial charge in [0.1, 0.15) is 5.75 Å². The number of aliphatic hydroxyl groups is 1. The molecule has 2 atom stereocenters. The van der Waals surface area contributed by atoms with Crippen LogP contribution in [0, 0.1) is 16.0 Å². The predicted octanol–water partition coefficient (Wildman–Crippen LogP) is 2.61. The summed E-state index contributed by atoms with van der Waals surface area (Å²) >= 11 is 0. The summed E-state index contributed by atoms with van der Waals surface area (Å²) in [4.78, 5) is 22.3. The van der Waals surface area contributed by atoms with Gasteiger partial charge in [0, 0.05) is 17.8 Å². The molecular weight excluding hydrogens is 371 g/mol. The van der Waals surface area contributed by atoms with Gasteiger partial charge in [-0.1, -0.05) is 6.42 Å². The standard InChI is InChI=1S/C16H16F3N3O5/c17-16(18,19)15(24)12-3-1-2-4-13(12)20-21(15)14(23)9-27-11-7-5-10(6-8-11)22(25)26/h5-8,12,24H,1-4,9H2/t12-,15-/m1/s1. The van der Waals surface area contributed by atoms with Crippen LogP contribution in [0.3, 0.4) is 0 Å². The van der Waals surface area contributed by atoms with Gasteiger partial charge < -0.3 is 9.84 Å². The minimum Gasteiger partial charge on any atom is -0.484 e. The van der Waals surface area contributed by atoms with Crippen molar-refractivity contribution in [3.05, 3.63) is 34.4 Å². The van der Waals surface area contributed by atoms with Crippen molar-refractivity contribution in [3.63, 3.8) is 0 Å². The predicted molar refractivity (Wildman–Crippen MR) is 85.8 cm³/mol. The molecule has 1 heterocycles. The van der Waals surface area contributed by atoms with Crippen molar-refractivity contribution >= 4 is 17.3 Å². The van der Waals surface area contributed by atoms with E-state index in [1.54, 1.807) is 0 Å². The second-order valence-corrected chi connectivity index (χ2v) is 6.36. The normalized spacial score (nSPS) is 25.0. The van der Waals surface area contributed by atoms with Crippen LogP contribution in [0.4, 0.5) is 18.9 Å². The molecule has 0 saturated heterocycles. The number of hydrogen-bond acceptors (Lipinski definition) is 6. The molecule has 0 radical (unpaired) electrons. The van der Waals surface area contributed by atoms with Crippen LogP contribution in [0.2, 0.25) is 0 Å². The van der Waals surface area contributed by atoms with Crippen molar-refractivity contribution in [1.29, 1.82) is 0 Å². The van der Waals surface area contributed by atoms with Crippen LogP contribution in [-0.2, 0) is 4.79 Å². The van der Waals surface area contributed by atoms with Crippen LogP contribution in [-0.4, -0.2) is 45.2 Å². The molecule has 0 bridgehead atoms. The van der Waals surface area contributed by atoms with Gasteiger partial charge in [-0.05, 0) is 31.4 Å². The molecule has 1 aliphatic heterocycles. The molecule has 1 aromatic rings. The lowest BCUT2D eigenvalue weighted by Gasteiger charge is -2.38. The molecule has 1 fully saturated rings. The third kappa shape index (κ3) is 3.34. The van der Waals surface area contributed by atoms with Gasteiger partial charge in [-0.3, -0.25) is 14.9 Å². The van der Waals surface area contributed by atoms with Gasteiger partial charge >= 0.3 is 6.18 Å². The Morgan fingerprint density at radius 2 is 2.04 bits per heavy atom. The lowest BCUT2D eigenvalue weighted by Crippen LogP contribution is -2.62. The Balaban J connectivity index is 1.76. The van der Waals surface area contributed by atoms with E-state index < -0.39 is 35.3 Å². The summed E-state index contributed by atoms with van der Waals surface area (Å²) in [6.45, 7) is -0.806. The summed E-state index contributed by atoms with van der Waals surface area (Å²) in [5.74, 6) is -2.38. The summed E-state index contributed by atoms with van der Waals surface area (Å²) < 4.78 is 45.9. The van der Waals surface area contributed by atoms with Crippen molar-refractivity contribution in [2.24, 2.45) is 11.0 Å². The molecule has 2 aliphatic rings. The summed E-state index contributed by atoms with van der Waals surface area (Å²) in [6.07, 6.45) is -3.56. The lowest BCUT2D eigenvalue weighted by atomic mass is 9.80. The third-order valence-corrected chi connectivity index (χ3v) is 4.68. The number of benzene rings is 1. The van der Waals surface area contributed by atoms with Crippen LogP contribution in [0.25, 0.3) is 0 Å². The first-order chi connectivity index (χ1) is 12.6. The molecule has 11 heteroatoms. The zero-order valence-corrected chi connectivity index (χ0v) is 14.0. The summed E-state index contributed by atoms with van der Waals surface area (Å²) in [7, 11) is 0. The van der Waals surface area contributed by atoms with E-state index in [4.69, 9.17) is 4.74 Å². The molecule has 1 aromatic carbocycles. The largest absolute Gasteiger partial charge is 0.484 e. The van der Waals surface area contributed by atoms with Crippen molar-refractivity contribution in [3.8, 4) is 5.75 Å². The Morgan fingerprint density at radius 3 is 2.63 bits per heavy atom. The fraction of sp³-hybridized carbons (Fsp3) is 0.500. The SMILES string of the molecule is O=C(COc1ccc([N+](=O)[O-])cc1)N1N=C2CCCC[C@H]2[C@@]1(O)C(F)(F)F. The van der Waals surface area contributed by atoms with Crippen molar-refractivity contribution in [1.82, 2.24) is 5.01 Å². The first-order valence-corrected chi connectivity index (χ1v) is 8.21. The Morgan fingerprint density at radius 1 is 1.37 bits per heavy atom. The number of alkyl halides is 3. The Bertz CT molecular complexity index is 781. The quantitative estimate of drug-likeness (QED) is 0.632. The molecule has 1 saturated carbocycles. The highest BCUT2D eigenvalue weighted by Gasteiger charge is 2.68. The molecule has 27 heavy (non-hydrogen) atoms. The van der Waals surface area contributed by atoms with Gasteiger partial charge in [-0.15, -0.1) is 0 Å². The number of nitro benzene ring substituents is 1. The lowest BCUT2D eigenvalue weighted by molar-refractivity contribution is -0.384. The smallest absolute Gasteiger partial charge is 0.439 e. The number of hydrogen-bond donors (Lipinski definition) is 1. The molecule has 0 aromatic heterocycles. The average Bonchev–Trinajstić information content (AvgIpc) is 2.94. The second-order valence-electron chi connectivity index (χ2n) is 6.36. The number of nitrogens with zero attached hydrogens (tertiary/aromatic N) is 3. The topological polar surface area (TPSA) is 105 Å². The van der Waals surface area contributed by atoms with Gasteiger partial charge in [0.05, 0.1) is 10.8 Å². The number of carbonyl (C=O) groups excluding carboxylic acids is 1. The number of non-ortho nitro benzene ring substituents is 1. The zero-order chi connectivity index (χ0) is 19.8.